The molecule has 0 radical (unpaired) electrons. The Hall–Kier alpha value is -3.88. The number of benzene rings is 2. The van der Waals surface area contributed by atoms with Crippen LogP contribution in [0.15, 0.2) is 97.4 Å². The van der Waals surface area contributed by atoms with E-state index in [1.165, 1.54) is 18.5 Å². The maximum absolute atomic E-state index is 13.5. The van der Waals surface area contributed by atoms with Crippen LogP contribution in [0.2, 0.25) is 0 Å². The van der Waals surface area contributed by atoms with Crippen molar-refractivity contribution < 1.29 is 13.2 Å². The third kappa shape index (κ3) is 4.59. The first-order valence-electron chi connectivity index (χ1n) is 10.8. The molecule has 3 aromatic rings. The van der Waals surface area contributed by atoms with Crippen molar-refractivity contribution in [1.82, 2.24) is 3.97 Å². The fourth-order valence-electron chi connectivity index (χ4n) is 3.76. The second-order valence-electron chi connectivity index (χ2n) is 8.02. The Morgan fingerprint density at radius 2 is 1.82 bits per heavy atom. The van der Waals surface area contributed by atoms with E-state index in [4.69, 9.17) is 11.5 Å². The van der Waals surface area contributed by atoms with Crippen LogP contribution in [0.5, 0.6) is 0 Å². The minimum absolute atomic E-state index is 0.0609. The van der Waals surface area contributed by atoms with Gasteiger partial charge in [-0.2, -0.15) is 0 Å². The van der Waals surface area contributed by atoms with Gasteiger partial charge in [-0.1, -0.05) is 60.7 Å². The van der Waals surface area contributed by atoms with E-state index in [1.807, 2.05) is 42.5 Å². The quantitative estimate of drug-likeness (QED) is 0.357. The molecule has 0 spiro atoms. The Morgan fingerprint density at radius 3 is 2.50 bits per heavy atom. The van der Waals surface area contributed by atoms with E-state index in [-0.39, 0.29) is 18.9 Å². The van der Waals surface area contributed by atoms with Crippen LogP contribution >= 0.6 is 0 Å². The highest BCUT2D eigenvalue weighted by molar-refractivity contribution is 7.91. The number of para-hydroxylation sites is 2. The second kappa shape index (κ2) is 9.54. The van der Waals surface area contributed by atoms with E-state index in [2.05, 4.69) is 5.32 Å². The first kappa shape index (κ1) is 23.3. The van der Waals surface area contributed by atoms with Crippen molar-refractivity contribution in [3.05, 3.63) is 108 Å². The fourth-order valence-corrected chi connectivity index (χ4v) is 5.41. The van der Waals surface area contributed by atoms with Crippen LogP contribution < -0.4 is 16.8 Å². The summed E-state index contributed by atoms with van der Waals surface area (Å²) < 4.78 is 26.9. The van der Waals surface area contributed by atoms with Crippen LogP contribution in [0, 0.1) is 0 Å². The van der Waals surface area contributed by atoms with E-state index in [0.717, 1.165) is 15.1 Å². The average Bonchev–Trinajstić information content (AvgIpc) is 3.35. The van der Waals surface area contributed by atoms with Crippen LogP contribution in [0.1, 0.15) is 17.5 Å². The molecule has 1 atom stereocenters. The number of hydrogen-bond acceptors (Lipinski definition) is 5. The van der Waals surface area contributed by atoms with Crippen molar-refractivity contribution in [2.24, 2.45) is 5.73 Å². The number of rotatable bonds is 7. The number of anilines is 2. The van der Waals surface area contributed by atoms with Gasteiger partial charge in [0.15, 0.2) is 0 Å². The predicted octanol–water partition coefficient (Wildman–Crippen LogP) is 3.64. The number of nitrogens with two attached hydrogens (primary N) is 2. The molecule has 34 heavy (non-hydrogen) atoms. The summed E-state index contributed by atoms with van der Waals surface area (Å²) >= 11 is 0. The van der Waals surface area contributed by atoms with Crippen molar-refractivity contribution in [3.8, 4) is 0 Å². The first-order valence-corrected chi connectivity index (χ1v) is 12.2. The molecule has 4 rings (SSSR count). The van der Waals surface area contributed by atoms with Gasteiger partial charge in [0.2, 0.25) is 15.9 Å². The largest absolute Gasteiger partial charge is 0.397 e. The smallest absolute Gasteiger partial charge is 0.249 e. The summed E-state index contributed by atoms with van der Waals surface area (Å²) in [6.07, 6.45) is 11.5. The summed E-state index contributed by atoms with van der Waals surface area (Å²) in [6.45, 7) is -0.0609. The molecule has 1 unspecified atom stereocenters. The lowest BCUT2D eigenvalue weighted by Crippen LogP contribution is -2.47. The summed E-state index contributed by atoms with van der Waals surface area (Å²) in [4.78, 5) is 12.2. The molecule has 2 aromatic carbocycles. The molecule has 1 aliphatic rings. The zero-order valence-corrected chi connectivity index (χ0v) is 19.3. The van der Waals surface area contributed by atoms with Crippen LogP contribution in [-0.4, -0.2) is 29.6 Å². The van der Waals surface area contributed by atoms with Crippen molar-refractivity contribution >= 4 is 39.0 Å². The number of carbonyl (C=O) groups is 1. The van der Waals surface area contributed by atoms with Gasteiger partial charge in [-0.15, -0.1) is 0 Å². The maximum Gasteiger partial charge on any atom is 0.249 e. The second-order valence-corrected chi connectivity index (χ2v) is 10.2. The zero-order valence-electron chi connectivity index (χ0n) is 18.5. The highest BCUT2D eigenvalue weighted by atomic mass is 32.2. The van der Waals surface area contributed by atoms with Gasteiger partial charge in [-0.25, -0.2) is 8.42 Å². The van der Waals surface area contributed by atoms with E-state index >= 15 is 0 Å². The molecule has 1 amide bonds. The molecule has 0 aliphatic heterocycles. The third-order valence-electron chi connectivity index (χ3n) is 5.81. The molecule has 0 bridgehead atoms. The lowest BCUT2D eigenvalue weighted by Gasteiger charge is -2.31. The summed E-state index contributed by atoms with van der Waals surface area (Å²) in [5.74, 6) is -0.374. The van der Waals surface area contributed by atoms with Crippen LogP contribution in [0.4, 0.5) is 11.4 Å². The molecule has 0 saturated heterocycles. The molecular formula is C26H26N4O3S. The topological polar surface area (TPSA) is 120 Å². The number of nitrogens with zero attached hydrogens (tertiary/aromatic N) is 1. The van der Waals surface area contributed by atoms with Crippen LogP contribution in [0.25, 0.3) is 11.6 Å². The van der Waals surface area contributed by atoms with Gasteiger partial charge in [0.25, 0.3) is 0 Å². The van der Waals surface area contributed by atoms with Crippen molar-refractivity contribution in [3.63, 3.8) is 0 Å². The Morgan fingerprint density at radius 1 is 1.09 bits per heavy atom. The van der Waals surface area contributed by atoms with Gasteiger partial charge in [0.1, 0.15) is 4.75 Å². The van der Waals surface area contributed by atoms with Gasteiger partial charge < -0.3 is 16.8 Å². The third-order valence-corrected chi connectivity index (χ3v) is 8.09. The molecule has 0 fully saturated rings. The summed E-state index contributed by atoms with van der Waals surface area (Å²) in [5.41, 5.74) is 15.3. The molecule has 1 aliphatic carbocycles. The van der Waals surface area contributed by atoms with Crippen molar-refractivity contribution in [2.75, 3.05) is 17.6 Å². The number of carbonyl (C=O) groups excluding carboxylic acids is 1. The van der Waals surface area contributed by atoms with Crippen molar-refractivity contribution in [1.29, 1.82) is 0 Å². The highest BCUT2D eigenvalue weighted by Gasteiger charge is 2.42. The zero-order chi connectivity index (χ0) is 24.2. The minimum atomic E-state index is -3.84. The summed E-state index contributed by atoms with van der Waals surface area (Å²) in [6, 6.07) is 18.3. The standard InChI is InChI=1S/C26H26N4O3S/c27-19-26(15-12-22(13-16-26)21-6-2-1-3-7-21)34(32,33)30-17-14-20(18-30)10-11-25(31)29-24-9-5-4-8-23(24)28/h1-15,17-18H,16,19,27-28H2,(H,29,31). The van der Waals surface area contributed by atoms with Gasteiger partial charge in [0.05, 0.1) is 11.4 Å². The van der Waals surface area contributed by atoms with Crippen LogP contribution in [0.3, 0.4) is 0 Å². The van der Waals surface area contributed by atoms with E-state index in [9.17, 15) is 13.2 Å². The van der Waals surface area contributed by atoms with Gasteiger partial charge in [-0.3, -0.25) is 8.77 Å². The SMILES string of the molecule is NCC1(S(=O)(=O)n2ccc(C=CC(=O)Nc3ccccc3N)c2)C=CC(c2ccccc2)=CC1. The maximum atomic E-state index is 13.5. The number of nitrogens with one attached hydrogen (secondary N) is 1. The molecule has 5 N–H and O–H groups in total. The first-order chi connectivity index (χ1) is 16.3. The van der Waals surface area contributed by atoms with Gasteiger partial charge in [0, 0.05) is 25.0 Å². The molecule has 174 valence electrons. The normalized spacial score (nSPS) is 18.1. The average molecular weight is 475 g/mol. The van der Waals surface area contributed by atoms with E-state index in [1.54, 1.807) is 42.5 Å². The Balaban J connectivity index is 1.50. The van der Waals surface area contributed by atoms with Crippen molar-refractivity contribution in [2.45, 2.75) is 11.2 Å². The van der Waals surface area contributed by atoms with E-state index in [0.29, 0.717) is 16.9 Å². The molecule has 1 heterocycles. The monoisotopic (exact) mass is 474 g/mol. The number of hydrogen-bond donors (Lipinski definition) is 3. The molecule has 8 heteroatoms. The van der Waals surface area contributed by atoms with E-state index < -0.39 is 14.8 Å². The number of allylic oxidation sites excluding steroid dienone is 3. The lowest BCUT2D eigenvalue weighted by molar-refractivity contribution is -0.111. The minimum Gasteiger partial charge on any atom is -0.397 e. The number of amides is 1. The molecule has 7 nitrogen and oxygen atoms in total. The summed E-state index contributed by atoms with van der Waals surface area (Å²) in [7, 11) is -3.84. The fraction of sp³-hybridized carbons (Fsp3) is 0.115. The molecule has 0 saturated carbocycles. The predicted molar refractivity (Wildman–Crippen MR) is 137 cm³/mol. The van der Waals surface area contributed by atoms with Gasteiger partial charge >= 0.3 is 0 Å². The molecular weight excluding hydrogens is 448 g/mol. The Kier molecular flexibility index (Phi) is 6.54. The molecule has 1 aromatic heterocycles. The van der Waals surface area contributed by atoms with Crippen LogP contribution in [-0.2, 0) is 14.8 Å². The number of nitrogen functional groups attached to an aromatic ring is 1. The Labute approximate surface area is 199 Å². The number of aromatic nitrogens is 1. The lowest BCUT2D eigenvalue weighted by atomic mass is 9.92. The highest BCUT2D eigenvalue weighted by Crippen LogP contribution is 2.33. The Bertz CT molecular complexity index is 1390. The van der Waals surface area contributed by atoms with Gasteiger partial charge in [-0.05, 0) is 47.4 Å². The summed E-state index contributed by atoms with van der Waals surface area (Å²) in [5, 5.41) is 2.69.